The van der Waals surface area contributed by atoms with Crippen LogP contribution in [0.5, 0.6) is 0 Å². The van der Waals surface area contributed by atoms with Gasteiger partial charge in [0.05, 0.1) is 39.6 Å². The molecule has 118 valence electrons. The fourth-order valence-electron chi connectivity index (χ4n) is 1.24. The largest absolute Gasteiger partial charge is 0.579 e. The fourth-order valence-corrected chi connectivity index (χ4v) is 3.22. The second kappa shape index (κ2) is 12.2. The predicted molar refractivity (Wildman–Crippen MR) is 74.4 cm³/mol. The molecular formula is C12H24O7Si. The van der Waals surface area contributed by atoms with Gasteiger partial charge in [-0.15, -0.1) is 0 Å². The van der Waals surface area contributed by atoms with Crippen molar-refractivity contribution in [1.82, 2.24) is 0 Å². The van der Waals surface area contributed by atoms with Crippen molar-refractivity contribution < 1.29 is 32.3 Å². The van der Waals surface area contributed by atoms with E-state index in [9.17, 15) is 4.79 Å². The number of allylic oxidation sites excluding steroid dienone is 1. The Balaban J connectivity index is 4.75. The molecule has 0 atom stereocenters. The van der Waals surface area contributed by atoms with E-state index in [1.165, 1.54) is 0 Å². The van der Waals surface area contributed by atoms with Crippen molar-refractivity contribution in [3.8, 4) is 0 Å². The normalized spacial score (nSPS) is 11.6. The van der Waals surface area contributed by atoms with Gasteiger partial charge in [-0.3, -0.25) is 4.79 Å². The lowest BCUT2D eigenvalue weighted by Gasteiger charge is -2.27. The maximum Gasteiger partial charge on any atom is 0.579 e. The average molecular weight is 308 g/mol. The van der Waals surface area contributed by atoms with Crippen LogP contribution in [-0.4, -0.2) is 75.2 Å². The Morgan fingerprint density at radius 1 is 0.850 bits per heavy atom. The third-order valence-electron chi connectivity index (χ3n) is 2.23. The summed E-state index contributed by atoms with van der Waals surface area (Å²) in [7, 11) is 1.12. The molecule has 0 rings (SSSR count). The first-order valence-corrected chi connectivity index (χ1v) is 7.94. The summed E-state index contributed by atoms with van der Waals surface area (Å²) in [5, 5.41) is -0.388. The van der Waals surface area contributed by atoms with Gasteiger partial charge >= 0.3 is 8.80 Å². The zero-order valence-electron chi connectivity index (χ0n) is 12.4. The van der Waals surface area contributed by atoms with Crippen molar-refractivity contribution in [2.75, 3.05) is 61.0 Å². The van der Waals surface area contributed by atoms with E-state index in [1.54, 1.807) is 21.3 Å². The van der Waals surface area contributed by atoms with Crippen LogP contribution < -0.4 is 0 Å². The monoisotopic (exact) mass is 308 g/mol. The van der Waals surface area contributed by atoms with Crippen LogP contribution in [0, 0.1) is 0 Å². The van der Waals surface area contributed by atoms with Crippen LogP contribution in [0.3, 0.4) is 0 Å². The molecule has 0 aliphatic carbocycles. The van der Waals surface area contributed by atoms with E-state index in [0.29, 0.717) is 19.8 Å². The van der Waals surface area contributed by atoms with Gasteiger partial charge in [0, 0.05) is 21.3 Å². The van der Waals surface area contributed by atoms with Crippen LogP contribution in [0.15, 0.2) is 12.7 Å². The van der Waals surface area contributed by atoms with Gasteiger partial charge in [0.2, 0.25) is 5.41 Å². The minimum atomic E-state index is -3.51. The Labute approximate surface area is 121 Å². The van der Waals surface area contributed by atoms with Crippen LogP contribution in [0.1, 0.15) is 0 Å². The maximum atomic E-state index is 12.1. The molecule has 0 saturated heterocycles. The second-order valence-electron chi connectivity index (χ2n) is 3.65. The number of hydrogen-bond acceptors (Lipinski definition) is 7. The smallest absolute Gasteiger partial charge is 0.382 e. The zero-order chi connectivity index (χ0) is 15.3. The van der Waals surface area contributed by atoms with Gasteiger partial charge < -0.3 is 27.5 Å². The molecule has 0 aliphatic rings. The topological polar surface area (TPSA) is 72.5 Å². The molecule has 0 bridgehead atoms. The van der Waals surface area contributed by atoms with Gasteiger partial charge in [0.15, 0.2) is 0 Å². The first-order valence-electron chi connectivity index (χ1n) is 6.22. The summed E-state index contributed by atoms with van der Waals surface area (Å²) in [4.78, 5) is 12.1. The summed E-state index contributed by atoms with van der Waals surface area (Å²) in [5.41, 5.74) is 0. The molecule has 0 heterocycles. The average Bonchev–Trinajstić information content (AvgIpc) is 2.46. The van der Waals surface area contributed by atoms with Crippen LogP contribution in [0.4, 0.5) is 0 Å². The molecule has 0 saturated carbocycles. The molecule has 0 N–H and O–H groups in total. The SMILES string of the molecule is C=CC(=O)[Si](OCCOC)(OCCOC)OCCOC. The fraction of sp³-hybridized carbons (Fsp3) is 0.750. The maximum absolute atomic E-state index is 12.1. The van der Waals surface area contributed by atoms with Gasteiger partial charge in [0.25, 0.3) is 0 Å². The van der Waals surface area contributed by atoms with Crippen molar-refractivity contribution >= 4 is 14.2 Å². The van der Waals surface area contributed by atoms with Gasteiger partial charge in [-0.2, -0.15) is 0 Å². The van der Waals surface area contributed by atoms with Crippen LogP contribution in [0.25, 0.3) is 0 Å². The lowest BCUT2D eigenvalue weighted by atomic mass is 10.7. The molecule has 0 aromatic heterocycles. The molecule has 20 heavy (non-hydrogen) atoms. The first-order chi connectivity index (χ1) is 9.66. The van der Waals surface area contributed by atoms with E-state index in [4.69, 9.17) is 27.5 Å². The van der Waals surface area contributed by atoms with E-state index < -0.39 is 8.80 Å². The summed E-state index contributed by atoms with van der Waals surface area (Å²) >= 11 is 0. The highest BCUT2D eigenvalue weighted by atomic mass is 28.4. The second-order valence-corrected chi connectivity index (χ2v) is 6.12. The number of rotatable bonds is 14. The Bertz CT molecular complexity index is 246. The molecule has 7 nitrogen and oxygen atoms in total. The Kier molecular flexibility index (Phi) is 11.8. The van der Waals surface area contributed by atoms with E-state index in [1.807, 2.05) is 0 Å². The summed E-state index contributed by atoms with van der Waals surface area (Å²) in [6.45, 7) is 5.05. The van der Waals surface area contributed by atoms with Crippen molar-refractivity contribution in [2.24, 2.45) is 0 Å². The molecule has 0 fully saturated rings. The lowest BCUT2D eigenvalue weighted by molar-refractivity contribution is -0.116. The molecule has 0 radical (unpaired) electrons. The highest BCUT2D eigenvalue weighted by Crippen LogP contribution is 2.12. The minimum absolute atomic E-state index is 0.197. The van der Waals surface area contributed by atoms with Crippen LogP contribution in [0.2, 0.25) is 0 Å². The Morgan fingerprint density at radius 2 is 1.20 bits per heavy atom. The standard InChI is InChI=1S/C12H24O7Si/c1-5-12(13)20(17-9-6-14-2,18-10-7-15-3)19-11-8-16-4/h5H,1,6-11H2,2-4H3. The van der Waals surface area contributed by atoms with E-state index >= 15 is 0 Å². The molecular weight excluding hydrogens is 284 g/mol. The molecule has 0 amide bonds. The van der Waals surface area contributed by atoms with Crippen molar-refractivity contribution in [3.05, 3.63) is 12.7 Å². The first kappa shape index (κ1) is 19.4. The minimum Gasteiger partial charge on any atom is -0.382 e. The number of ether oxygens (including phenoxy) is 3. The predicted octanol–water partition coefficient (Wildman–Crippen LogP) is 0.209. The molecule has 0 aromatic rings. The molecule has 8 heteroatoms. The van der Waals surface area contributed by atoms with Crippen molar-refractivity contribution in [3.63, 3.8) is 0 Å². The van der Waals surface area contributed by atoms with E-state index in [2.05, 4.69) is 6.58 Å². The van der Waals surface area contributed by atoms with E-state index in [-0.39, 0.29) is 25.2 Å². The number of methoxy groups -OCH3 is 3. The highest BCUT2D eigenvalue weighted by molar-refractivity contribution is 6.94. The highest BCUT2D eigenvalue weighted by Gasteiger charge is 2.49. The molecule has 0 aliphatic heterocycles. The van der Waals surface area contributed by atoms with E-state index in [0.717, 1.165) is 6.08 Å². The molecule has 0 unspecified atom stereocenters. The lowest BCUT2D eigenvalue weighted by Crippen LogP contribution is -2.54. The number of carbonyl (C=O) groups is 1. The third kappa shape index (κ3) is 7.24. The van der Waals surface area contributed by atoms with Crippen molar-refractivity contribution in [2.45, 2.75) is 0 Å². The van der Waals surface area contributed by atoms with Gasteiger partial charge in [-0.05, 0) is 6.08 Å². The van der Waals surface area contributed by atoms with Crippen LogP contribution in [-0.2, 0) is 32.3 Å². The van der Waals surface area contributed by atoms with Crippen LogP contribution >= 0.6 is 0 Å². The Hall–Kier alpha value is -0.613. The van der Waals surface area contributed by atoms with Gasteiger partial charge in [-0.1, -0.05) is 6.58 Å². The van der Waals surface area contributed by atoms with Gasteiger partial charge in [-0.25, -0.2) is 0 Å². The molecule has 0 spiro atoms. The number of hydrogen-bond donors (Lipinski definition) is 0. The van der Waals surface area contributed by atoms with Crippen molar-refractivity contribution in [1.29, 1.82) is 0 Å². The summed E-state index contributed by atoms with van der Waals surface area (Å²) < 4.78 is 31.4. The summed E-state index contributed by atoms with van der Waals surface area (Å²) in [5.74, 6) is 0. The molecule has 0 aromatic carbocycles. The number of carbonyl (C=O) groups excluding carboxylic acids is 1. The third-order valence-corrected chi connectivity index (χ3v) is 4.79. The van der Waals surface area contributed by atoms with Gasteiger partial charge in [0.1, 0.15) is 0 Å². The Morgan fingerprint density at radius 3 is 1.45 bits per heavy atom. The zero-order valence-corrected chi connectivity index (χ0v) is 13.4. The summed E-state index contributed by atoms with van der Waals surface area (Å²) in [6, 6.07) is 0. The summed E-state index contributed by atoms with van der Waals surface area (Å²) in [6.07, 6.45) is 1.15. The quantitative estimate of drug-likeness (QED) is 0.258.